The molecule has 0 radical (unpaired) electrons. The number of amides is 2. The number of halogens is 1. The summed E-state index contributed by atoms with van der Waals surface area (Å²) in [5.41, 5.74) is 0.820. The Labute approximate surface area is 98.2 Å². The summed E-state index contributed by atoms with van der Waals surface area (Å²) in [7, 11) is 0. The maximum Gasteiger partial charge on any atom is 0.249 e. The Morgan fingerprint density at radius 1 is 1.31 bits per heavy atom. The lowest BCUT2D eigenvalue weighted by atomic mass is 10.1. The van der Waals surface area contributed by atoms with Gasteiger partial charge in [0.25, 0.3) is 0 Å². The molecule has 1 unspecified atom stereocenters. The largest absolute Gasteiger partial charge is 0.350 e. The van der Waals surface area contributed by atoms with E-state index in [2.05, 4.69) is 5.32 Å². The number of piperazine rings is 1. The molecule has 84 valence electrons. The summed E-state index contributed by atoms with van der Waals surface area (Å²) in [5.74, 6) is -0.552. The highest BCUT2D eigenvalue weighted by Crippen LogP contribution is 2.21. The normalized spacial score (nSPS) is 20.9. The molecule has 1 fully saturated rings. The standard InChI is InChI=1S/C11H11ClN2O2/c1-7-11(16)13-10(15)6-14(7)9-4-2-8(12)3-5-9/h2-5,7H,6H2,1H3,(H,13,15,16). The van der Waals surface area contributed by atoms with E-state index in [1.807, 2.05) is 0 Å². The summed E-state index contributed by atoms with van der Waals surface area (Å²) in [4.78, 5) is 24.5. The Hall–Kier alpha value is -1.55. The van der Waals surface area contributed by atoms with E-state index in [0.717, 1.165) is 5.69 Å². The van der Waals surface area contributed by atoms with Crippen molar-refractivity contribution >= 4 is 29.1 Å². The Morgan fingerprint density at radius 3 is 2.56 bits per heavy atom. The minimum absolute atomic E-state index is 0.189. The summed E-state index contributed by atoms with van der Waals surface area (Å²) in [6.07, 6.45) is 0. The second-order valence-electron chi connectivity index (χ2n) is 3.69. The summed E-state index contributed by atoms with van der Waals surface area (Å²) in [5, 5.41) is 2.92. The van der Waals surface area contributed by atoms with Crippen LogP contribution in [0.3, 0.4) is 0 Å². The smallest absolute Gasteiger partial charge is 0.249 e. The van der Waals surface area contributed by atoms with Gasteiger partial charge in [-0.3, -0.25) is 14.9 Å². The number of hydrogen-bond acceptors (Lipinski definition) is 3. The fourth-order valence-corrected chi connectivity index (χ4v) is 1.79. The second-order valence-corrected chi connectivity index (χ2v) is 4.13. The SMILES string of the molecule is CC1C(=O)NC(=O)CN1c1ccc(Cl)cc1. The maximum atomic E-state index is 11.5. The van der Waals surface area contributed by atoms with E-state index < -0.39 is 0 Å². The van der Waals surface area contributed by atoms with Gasteiger partial charge in [-0.05, 0) is 31.2 Å². The zero-order chi connectivity index (χ0) is 11.7. The number of hydrogen-bond donors (Lipinski definition) is 1. The summed E-state index contributed by atoms with van der Waals surface area (Å²) < 4.78 is 0. The van der Waals surface area contributed by atoms with Crippen molar-refractivity contribution in [3.63, 3.8) is 0 Å². The van der Waals surface area contributed by atoms with E-state index in [1.165, 1.54) is 0 Å². The van der Waals surface area contributed by atoms with Crippen LogP contribution >= 0.6 is 11.6 Å². The van der Waals surface area contributed by atoms with Crippen molar-refractivity contribution < 1.29 is 9.59 Å². The Kier molecular flexibility index (Phi) is 2.83. The van der Waals surface area contributed by atoms with Gasteiger partial charge in [0.05, 0.1) is 6.54 Å². The Bertz CT molecular complexity index is 430. The monoisotopic (exact) mass is 238 g/mol. The fourth-order valence-electron chi connectivity index (χ4n) is 1.66. The fraction of sp³-hybridized carbons (Fsp3) is 0.273. The van der Waals surface area contributed by atoms with Crippen LogP contribution in [-0.4, -0.2) is 24.4 Å². The van der Waals surface area contributed by atoms with Gasteiger partial charge in [-0.1, -0.05) is 11.6 Å². The van der Waals surface area contributed by atoms with E-state index >= 15 is 0 Å². The molecular weight excluding hydrogens is 228 g/mol. The molecule has 2 rings (SSSR count). The molecule has 1 heterocycles. The zero-order valence-corrected chi connectivity index (χ0v) is 9.49. The number of carbonyl (C=O) groups excluding carboxylic acids is 2. The number of nitrogens with one attached hydrogen (secondary N) is 1. The third-order valence-corrected chi connectivity index (χ3v) is 2.83. The summed E-state index contributed by atoms with van der Waals surface area (Å²) >= 11 is 5.78. The lowest BCUT2D eigenvalue weighted by Gasteiger charge is -2.33. The third-order valence-electron chi connectivity index (χ3n) is 2.58. The molecule has 1 aromatic carbocycles. The van der Waals surface area contributed by atoms with Crippen LogP contribution in [0.2, 0.25) is 5.02 Å². The van der Waals surface area contributed by atoms with Crippen molar-refractivity contribution in [1.29, 1.82) is 0 Å². The molecule has 1 aliphatic heterocycles. The lowest BCUT2D eigenvalue weighted by Crippen LogP contribution is -2.57. The molecule has 1 N–H and O–H groups in total. The van der Waals surface area contributed by atoms with Crippen molar-refractivity contribution in [2.75, 3.05) is 11.4 Å². The van der Waals surface area contributed by atoms with E-state index in [4.69, 9.17) is 11.6 Å². The second kappa shape index (κ2) is 4.14. The topological polar surface area (TPSA) is 49.4 Å². The van der Waals surface area contributed by atoms with Crippen LogP contribution in [0.4, 0.5) is 5.69 Å². The molecular formula is C11H11ClN2O2. The first-order chi connectivity index (χ1) is 7.58. The molecule has 0 aliphatic carbocycles. The van der Waals surface area contributed by atoms with Crippen molar-refractivity contribution in [3.8, 4) is 0 Å². The van der Waals surface area contributed by atoms with Crippen LogP contribution in [0.1, 0.15) is 6.92 Å². The quantitative estimate of drug-likeness (QED) is 0.748. The van der Waals surface area contributed by atoms with Crippen molar-refractivity contribution in [1.82, 2.24) is 5.32 Å². The number of imide groups is 1. The van der Waals surface area contributed by atoms with Crippen LogP contribution in [0.15, 0.2) is 24.3 Å². The minimum atomic E-state index is -0.348. The molecule has 0 saturated carbocycles. The average molecular weight is 239 g/mol. The molecule has 2 amide bonds. The van der Waals surface area contributed by atoms with Gasteiger partial charge in [-0.15, -0.1) is 0 Å². The summed E-state index contributed by atoms with van der Waals surface area (Å²) in [6.45, 7) is 1.95. The maximum absolute atomic E-state index is 11.5. The highest BCUT2D eigenvalue weighted by molar-refractivity contribution is 6.30. The van der Waals surface area contributed by atoms with E-state index in [1.54, 1.807) is 36.1 Å². The van der Waals surface area contributed by atoms with Gasteiger partial charge in [-0.2, -0.15) is 0 Å². The number of carbonyl (C=O) groups is 2. The van der Waals surface area contributed by atoms with E-state index in [9.17, 15) is 9.59 Å². The first-order valence-corrected chi connectivity index (χ1v) is 5.31. The molecule has 1 saturated heterocycles. The number of rotatable bonds is 1. The average Bonchev–Trinajstić information content (AvgIpc) is 2.25. The number of benzene rings is 1. The van der Waals surface area contributed by atoms with Crippen LogP contribution in [-0.2, 0) is 9.59 Å². The molecule has 1 atom stereocenters. The van der Waals surface area contributed by atoms with E-state index in [-0.39, 0.29) is 24.4 Å². The van der Waals surface area contributed by atoms with E-state index in [0.29, 0.717) is 5.02 Å². The number of nitrogens with zero attached hydrogens (tertiary/aromatic N) is 1. The van der Waals surface area contributed by atoms with Gasteiger partial charge in [0.1, 0.15) is 6.04 Å². The van der Waals surface area contributed by atoms with Crippen LogP contribution in [0, 0.1) is 0 Å². The zero-order valence-electron chi connectivity index (χ0n) is 8.74. The van der Waals surface area contributed by atoms with Crippen LogP contribution in [0.25, 0.3) is 0 Å². The van der Waals surface area contributed by atoms with Gasteiger partial charge in [0.15, 0.2) is 0 Å². The highest BCUT2D eigenvalue weighted by atomic mass is 35.5. The first-order valence-electron chi connectivity index (χ1n) is 4.94. The molecule has 16 heavy (non-hydrogen) atoms. The predicted octanol–water partition coefficient (Wildman–Crippen LogP) is 1.19. The van der Waals surface area contributed by atoms with Crippen molar-refractivity contribution in [2.45, 2.75) is 13.0 Å². The van der Waals surface area contributed by atoms with Gasteiger partial charge >= 0.3 is 0 Å². The molecule has 4 nitrogen and oxygen atoms in total. The van der Waals surface area contributed by atoms with Gasteiger partial charge in [-0.25, -0.2) is 0 Å². The van der Waals surface area contributed by atoms with Gasteiger partial charge in [0, 0.05) is 10.7 Å². The lowest BCUT2D eigenvalue weighted by molar-refractivity contribution is -0.132. The van der Waals surface area contributed by atoms with Crippen molar-refractivity contribution in [2.24, 2.45) is 0 Å². The third kappa shape index (κ3) is 2.02. The molecule has 1 aromatic rings. The van der Waals surface area contributed by atoms with Gasteiger partial charge < -0.3 is 4.90 Å². The molecule has 1 aliphatic rings. The molecule has 5 heteroatoms. The van der Waals surface area contributed by atoms with Crippen LogP contribution in [0.5, 0.6) is 0 Å². The molecule has 0 aromatic heterocycles. The Morgan fingerprint density at radius 2 is 1.94 bits per heavy atom. The summed E-state index contributed by atoms with van der Waals surface area (Å²) in [6, 6.07) is 6.72. The molecule has 0 bridgehead atoms. The minimum Gasteiger partial charge on any atom is -0.350 e. The highest BCUT2D eigenvalue weighted by Gasteiger charge is 2.30. The molecule has 0 spiro atoms. The predicted molar refractivity (Wildman–Crippen MR) is 61.4 cm³/mol. The van der Waals surface area contributed by atoms with Crippen molar-refractivity contribution in [3.05, 3.63) is 29.3 Å². The van der Waals surface area contributed by atoms with Gasteiger partial charge in [0.2, 0.25) is 11.8 Å². The van der Waals surface area contributed by atoms with Crippen LogP contribution < -0.4 is 10.2 Å². The Balaban J connectivity index is 2.28. The number of anilines is 1. The first kappa shape index (κ1) is 11.0.